The van der Waals surface area contributed by atoms with Gasteiger partial charge in [0.2, 0.25) is 5.91 Å². The molecular formula is C15H20BrClN4O2. The van der Waals surface area contributed by atoms with E-state index in [-0.39, 0.29) is 18.5 Å². The van der Waals surface area contributed by atoms with Crippen LogP contribution in [-0.2, 0) is 4.79 Å². The fourth-order valence-corrected chi connectivity index (χ4v) is 3.08. The molecule has 0 unspecified atom stereocenters. The molecule has 23 heavy (non-hydrogen) atoms. The molecule has 0 saturated carbocycles. The highest BCUT2D eigenvalue weighted by Gasteiger charge is 2.23. The molecule has 0 atom stereocenters. The number of urea groups is 1. The summed E-state index contributed by atoms with van der Waals surface area (Å²) in [7, 11) is 3.48. The van der Waals surface area contributed by atoms with Gasteiger partial charge in [-0.3, -0.25) is 9.69 Å². The van der Waals surface area contributed by atoms with Crippen LogP contribution in [0.25, 0.3) is 0 Å². The zero-order chi connectivity index (χ0) is 17.0. The summed E-state index contributed by atoms with van der Waals surface area (Å²) in [5.41, 5.74) is 0.598. The first-order valence-electron chi connectivity index (χ1n) is 7.30. The third-order valence-corrected chi connectivity index (χ3v) is 4.40. The predicted molar refractivity (Wildman–Crippen MR) is 94.9 cm³/mol. The van der Waals surface area contributed by atoms with Crippen LogP contribution in [0.5, 0.6) is 0 Å². The Bertz CT molecular complexity index is 589. The van der Waals surface area contributed by atoms with E-state index in [0.29, 0.717) is 36.9 Å². The highest BCUT2D eigenvalue weighted by atomic mass is 79.9. The Balaban J connectivity index is 1.82. The number of rotatable bonds is 3. The molecule has 1 aliphatic heterocycles. The zero-order valence-corrected chi connectivity index (χ0v) is 15.5. The van der Waals surface area contributed by atoms with Gasteiger partial charge in [-0.25, -0.2) is 4.79 Å². The lowest BCUT2D eigenvalue weighted by Gasteiger charge is -2.35. The van der Waals surface area contributed by atoms with Crippen LogP contribution < -0.4 is 5.32 Å². The number of hydrogen-bond donors (Lipinski definition) is 1. The van der Waals surface area contributed by atoms with Gasteiger partial charge in [-0.1, -0.05) is 27.5 Å². The summed E-state index contributed by atoms with van der Waals surface area (Å²) < 4.78 is 0.863. The van der Waals surface area contributed by atoms with Gasteiger partial charge in [0.15, 0.2) is 0 Å². The molecule has 1 fully saturated rings. The first kappa shape index (κ1) is 18.0. The molecule has 1 aromatic rings. The minimum Gasteiger partial charge on any atom is -0.331 e. The van der Waals surface area contributed by atoms with Crippen molar-refractivity contribution >= 4 is 45.2 Å². The molecule has 2 rings (SSSR count). The summed E-state index contributed by atoms with van der Waals surface area (Å²) in [6.45, 7) is 2.91. The molecule has 0 radical (unpaired) electrons. The number of nitrogens with one attached hydrogen (secondary N) is 1. The van der Waals surface area contributed by atoms with Crippen molar-refractivity contribution in [3.05, 3.63) is 27.7 Å². The fourth-order valence-electron chi connectivity index (χ4n) is 2.36. The van der Waals surface area contributed by atoms with E-state index in [0.717, 1.165) is 4.47 Å². The van der Waals surface area contributed by atoms with Crippen LogP contribution in [0.15, 0.2) is 22.7 Å². The molecule has 0 aromatic heterocycles. The molecule has 0 aliphatic carbocycles. The van der Waals surface area contributed by atoms with E-state index in [1.54, 1.807) is 36.0 Å². The number of anilines is 1. The molecule has 1 N–H and O–H groups in total. The number of piperazine rings is 1. The first-order valence-corrected chi connectivity index (χ1v) is 8.47. The summed E-state index contributed by atoms with van der Waals surface area (Å²) in [4.78, 5) is 29.4. The Morgan fingerprint density at radius 1 is 1.26 bits per heavy atom. The van der Waals surface area contributed by atoms with Gasteiger partial charge < -0.3 is 15.1 Å². The Morgan fingerprint density at radius 3 is 2.48 bits per heavy atom. The van der Waals surface area contributed by atoms with Crippen LogP contribution in [0.1, 0.15) is 0 Å². The molecule has 1 saturated heterocycles. The molecule has 126 valence electrons. The average molecular weight is 404 g/mol. The van der Waals surface area contributed by atoms with Gasteiger partial charge in [-0.2, -0.15) is 0 Å². The number of hydrogen-bond acceptors (Lipinski definition) is 3. The van der Waals surface area contributed by atoms with Gasteiger partial charge in [0, 0.05) is 44.7 Å². The number of benzene rings is 1. The second-order valence-electron chi connectivity index (χ2n) is 5.61. The second-order valence-corrected chi connectivity index (χ2v) is 6.94. The summed E-state index contributed by atoms with van der Waals surface area (Å²) in [5, 5.41) is 3.31. The van der Waals surface area contributed by atoms with Gasteiger partial charge in [0.1, 0.15) is 0 Å². The molecule has 3 amide bonds. The summed E-state index contributed by atoms with van der Waals surface area (Å²) in [6.07, 6.45) is 0. The number of nitrogens with zero attached hydrogens (tertiary/aromatic N) is 3. The zero-order valence-electron chi connectivity index (χ0n) is 13.2. The highest BCUT2D eigenvalue weighted by molar-refractivity contribution is 9.10. The maximum absolute atomic E-state index is 12.1. The maximum Gasteiger partial charge on any atom is 0.319 e. The smallest absolute Gasteiger partial charge is 0.319 e. The number of carbonyl (C=O) groups excluding carboxylic acids is 2. The van der Waals surface area contributed by atoms with Gasteiger partial charge >= 0.3 is 6.03 Å². The number of halogens is 2. The third kappa shape index (κ3) is 5.09. The predicted octanol–water partition coefficient (Wildman–Crippen LogP) is 2.34. The Labute approximate surface area is 149 Å². The minimum absolute atomic E-state index is 0.00995. The van der Waals surface area contributed by atoms with Crippen LogP contribution in [-0.4, -0.2) is 73.5 Å². The van der Waals surface area contributed by atoms with Gasteiger partial charge in [0.05, 0.1) is 17.3 Å². The first-order chi connectivity index (χ1) is 10.9. The Kier molecular flexibility index (Phi) is 6.26. The van der Waals surface area contributed by atoms with Crippen LogP contribution in [0.4, 0.5) is 10.5 Å². The van der Waals surface area contributed by atoms with E-state index >= 15 is 0 Å². The van der Waals surface area contributed by atoms with E-state index in [9.17, 15) is 9.59 Å². The molecule has 0 spiro atoms. The summed E-state index contributed by atoms with van der Waals surface area (Å²) >= 11 is 9.42. The monoisotopic (exact) mass is 402 g/mol. The number of amides is 3. The molecule has 0 bridgehead atoms. The average Bonchev–Trinajstić information content (AvgIpc) is 2.50. The van der Waals surface area contributed by atoms with E-state index in [4.69, 9.17) is 11.6 Å². The van der Waals surface area contributed by atoms with Gasteiger partial charge in [0.25, 0.3) is 0 Å². The largest absolute Gasteiger partial charge is 0.331 e. The lowest BCUT2D eigenvalue weighted by atomic mass is 10.3. The standard InChI is InChI=1S/C15H20BrClN4O2/c1-19(2)15(23)21-7-5-20(6-8-21)10-14(22)18-13-4-3-11(16)9-12(13)17/h3-4,9H,5-8,10H2,1-2H3,(H,18,22). The minimum atomic E-state index is -0.110. The van der Waals surface area contributed by atoms with Crippen molar-refractivity contribution in [3.63, 3.8) is 0 Å². The second kappa shape index (κ2) is 7.99. The van der Waals surface area contributed by atoms with Crippen LogP contribution in [0.2, 0.25) is 5.02 Å². The lowest BCUT2D eigenvalue weighted by molar-refractivity contribution is -0.117. The molecule has 1 heterocycles. The molecule has 6 nitrogen and oxygen atoms in total. The summed E-state index contributed by atoms with van der Waals surface area (Å²) in [5.74, 6) is -0.110. The van der Waals surface area contributed by atoms with Crippen molar-refractivity contribution in [3.8, 4) is 0 Å². The van der Waals surface area contributed by atoms with E-state index in [2.05, 4.69) is 21.2 Å². The maximum atomic E-state index is 12.1. The van der Waals surface area contributed by atoms with Gasteiger partial charge in [-0.15, -0.1) is 0 Å². The van der Waals surface area contributed by atoms with E-state index in [1.165, 1.54) is 0 Å². The Morgan fingerprint density at radius 2 is 1.91 bits per heavy atom. The van der Waals surface area contributed by atoms with E-state index < -0.39 is 0 Å². The molecule has 8 heteroatoms. The third-order valence-electron chi connectivity index (χ3n) is 3.60. The van der Waals surface area contributed by atoms with Crippen LogP contribution in [0.3, 0.4) is 0 Å². The number of carbonyl (C=O) groups is 2. The van der Waals surface area contributed by atoms with Crippen LogP contribution >= 0.6 is 27.5 Å². The SMILES string of the molecule is CN(C)C(=O)N1CCN(CC(=O)Nc2ccc(Br)cc2Cl)CC1. The fraction of sp³-hybridized carbons (Fsp3) is 0.467. The Hall–Kier alpha value is -1.31. The molecule has 1 aliphatic rings. The highest BCUT2D eigenvalue weighted by Crippen LogP contribution is 2.25. The van der Waals surface area contributed by atoms with Crippen molar-refractivity contribution in [2.75, 3.05) is 52.1 Å². The van der Waals surface area contributed by atoms with Gasteiger partial charge in [-0.05, 0) is 18.2 Å². The van der Waals surface area contributed by atoms with Crippen molar-refractivity contribution in [2.24, 2.45) is 0 Å². The molecule has 1 aromatic carbocycles. The lowest BCUT2D eigenvalue weighted by Crippen LogP contribution is -2.52. The summed E-state index contributed by atoms with van der Waals surface area (Å²) in [6, 6.07) is 5.34. The van der Waals surface area contributed by atoms with Crippen molar-refractivity contribution < 1.29 is 9.59 Å². The topological polar surface area (TPSA) is 55.9 Å². The van der Waals surface area contributed by atoms with E-state index in [1.807, 2.05) is 11.0 Å². The van der Waals surface area contributed by atoms with Crippen LogP contribution in [0, 0.1) is 0 Å². The van der Waals surface area contributed by atoms with Crippen molar-refractivity contribution in [2.45, 2.75) is 0 Å². The quantitative estimate of drug-likeness (QED) is 0.843. The van der Waals surface area contributed by atoms with Crippen molar-refractivity contribution in [1.29, 1.82) is 0 Å². The normalized spacial score (nSPS) is 15.4. The van der Waals surface area contributed by atoms with Crippen molar-refractivity contribution in [1.82, 2.24) is 14.7 Å². The molecular weight excluding hydrogens is 384 g/mol.